The number of halogens is 1. The molecule has 0 unspecified atom stereocenters. The second-order valence-electron chi connectivity index (χ2n) is 5.07. The standard InChI is InChI=1S/C17H14ClN3O2/c1-11-5-7-12(8-6-11)16(22)19-10-15-20-17(23-21-15)13-3-2-4-14(18)9-13/h2-9H,10H2,1H3,(H,19,22). The van der Waals surface area contributed by atoms with Gasteiger partial charge in [-0.3, -0.25) is 4.79 Å². The number of nitrogens with one attached hydrogen (secondary N) is 1. The Morgan fingerprint density at radius 3 is 2.74 bits per heavy atom. The average molecular weight is 328 g/mol. The number of rotatable bonds is 4. The quantitative estimate of drug-likeness (QED) is 0.794. The Morgan fingerprint density at radius 1 is 1.22 bits per heavy atom. The SMILES string of the molecule is Cc1ccc(C(=O)NCc2noc(-c3cccc(Cl)c3)n2)cc1. The van der Waals surface area contributed by atoms with E-state index in [1.165, 1.54) is 0 Å². The molecule has 0 atom stereocenters. The van der Waals surface area contributed by atoms with E-state index in [9.17, 15) is 4.79 Å². The van der Waals surface area contributed by atoms with Crippen LogP contribution in [0.4, 0.5) is 0 Å². The van der Waals surface area contributed by atoms with Crippen LogP contribution in [0.25, 0.3) is 11.5 Å². The van der Waals surface area contributed by atoms with E-state index in [4.69, 9.17) is 16.1 Å². The van der Waals surface area contributed by atoms with Crippen molar-refractivity contribution in [2.75, 3.05) is 0 Å². The molecule has 1 N–H and O–H groups in total. The normalized spacial score (nSPS) is 10.5. The summed E-state index contributed by atoms with van der Waals surface area (Å²) in [4.78, 5) is 16.3. The van der Waals surface area contributed by atoms with Gasteiger partial charge in [0.05, 0.1) is 6.54 Å². The molecule has 2 aromatic carbocycles. The summed E-state index contributed by atoms with van der Waals surface area (Å²) in [6.07, 6.45) is 0. The van der Waals surface area contributed by atoms with Gasteiger partial charge >= 0.3 is 0 Å². The highest BCUT2D eigenvalue weighted by molar-refractivity contribution is 6.30. The first-order valence-electron chi connectivity index (χ1n) is 7.05. The number of carbonyl (C=O) groups is 1. The first kappa shape index (κ1) is 15.2. The van der Waals surface area contributed by atoms with Gasteiger partial charge in [-0.05, 0) is 37.3 Å². The minimum Gasteiger partial charge on any atom is -0.345 e. The van der Waals surface area contributed by atoms with E-state index in [1.54, 1.807) is 30.3 Å². The zero-order chi connectivity index (χ0) is 16.2. The van der Waals surface area contributed by atoms with Crippen LogP contribution in [0, 0.1) is 6.92 Å². The summed E-state index contributed by atoms with van der Waals surface area (Å²) in [7, 11) is 0. The number of aryl methyl sites for hydroxylation is 1. The molecule has 0 saturated carbocycles. The van der Waals surface area contributed by atoms with Crippen molar-refractivity contribution in [3.63, 3.8) is 0 Å². The van der Waals surface area contributed by atoms with E-state index in [1.807, 2.05) is 25.1 Å². The Bertz CT molecular complexity index is 828. The highest BCUT2D eigenvalue weighted by atomic mass is 35.5. The minimum atomic E-state index is -0.181. The fourth-order valence-corrected chi connectivity index (χ4v) is 2.22. The van der Waals surface area contributed by atoms with E-state index in [2.05, 4.69) is 15.5 Å². The zero-order valence-electron chi connectivity index (χ0n) is 12.4. The lowest BCUT2D eigenvalue weighted by atomic mass is 10.1. The summed E-state index contributed by atoms with van der Waals surface area (Å²) in [6.45, 7) is 2.16. The molecule has 0 aliphatic rings. The molecule has 3 rings (SSSR count). The second-order valence-corrected chi connectivity index (χ2v) is 5.51. The summed E-state index contributed by atoms with van der Waals surface area (Å²) in [5.41, 5.74) is 2.43. The summed E-state index contributed by atoms with van der Waals surface area (Å²) in [5.74, 6) is 0.589. The molecule has 0 aliphatic heterocycles. The highest BCUT2D eigenvalue weighted by Crippen LogP contribution is 2.20. The van der Waals surface area contributed by atoms with Crippen LogP contribution in [0.15, 0.2) is 53.1 Å². The lowest BCUT2D eigenvalue weighted by Crippen LogP contribution is -2.23. The molecule has 0 spiro atoms. The molecule has 0 saturated heterocycles. The van der Waals surface area contributed by atoms with Crippen molar-refractivity contribution in [2.24, 2.45) is 0 Å². The van der Waals surface area contributed by atoms with Crippen LogP contribution in [0.3, 0.4) is 0 Å². The van der Waals surface area contributed by atoms with Crippen LogP contribution < -0.4 is 5.32 Å². The molecule has 23 heavy (non-hydrogen) atoms. The average Bonchev–Trinajstić information content (AvgIpc) is 3.02. The largest absolute Gasteiger partial charge is 0.345 e. The third-order valence-corrected chi connectivity index (χ3v) is 3.50. The predicted octanol–water partition coefficient (Wildman–Crippen LogP) is 3.63. The molecule has 0 radical (unpaired) electrons. The van der Waals surface area contributed by atoms with Gasteiger partial charge in [-0.15, -0.1) is 0 Å². The molecule has 0 fully saturated rings. The molecule has 1 amide bonds. The first-order chi connectivity index (χ1) is 11.1. The molecular weight excluding hydrogens is 314 g/mol. The number of carbonyl (C=O) groups excluding carboxylic acids is 1. The van der Waals surface area contributed by atoms with E-state index < -0.39 is 0 Å². The minimum absolute atomic E-state index is 0.181. The smallest absolute Gasteiger partial charge is 0.258 e. The van der Waals surface area contributed by atoms with Gasteiger partial charge in [0.1, 0.15) is 0 Å². The zero-order valence-corrected chi connectivity index (χ0v) is 13.2. The lowest BCUT2D eigenvalue weighted by molar-refractivity contribution is 0.0949. The van der Waals surface area contributed by atoms with Gasteiger partial charge in [-0.25, -0.2) is 0 Å². The summed E-state index contributed by atoms with van der Waals surface area (Å²) >= 11 is 5.94. The summed E-state index contributed by atoms with van der Waals surface area (Å²) in [6, 6.07) is 14.5. The van der Waals surface area contributed by atoms with Gasteiger partial charge in [0, 0.05) is 16.1 Å². The number of benzene rings is 2. The van der Waals surface area contributed by atoms with Gasteiger partial charge in [0.15, 0.2) is 5.82 Å². The Morgan fingerprint density at radius 2 is 2.00 bits per heavy atom. The van der Waals surface area contributed by atoms with Crippen molar-refractivity contribution in [3.8, 4) is 11.5 Å². The van der Waals surface area contributed by atoms with Crippen molar-refractivity contribution >= 4 is 17.5 Å². The van der Waals surface area contributed by atoms with Crippen molar-refractivity contribution < 1.29 is 9.32 Å². The van der Waals surface area contributed by atoms with Crippen LogP contribution in [-0.4, -0.2) is 16.0 Å². The van der Waals surface area contributed by atoms with Crippen LogP contribution in [0.2, 0.25) is 5.02 Å². The number of aromatic nitrogens is 2. The topological polar surface area (TPSA) is 68.0 Å². The van der Waals surface area contributed by atoms with Gasteiger partial charge in [0.25, 0.3) is 11.8 Å². The van der Waals surface area contributed by atoms with E-state index in [0.29, 0.717) is 22.3 Å². The van der Waals surface area contributed by atoms with Gasteiger partial charge in [0.2, 0.25) is 0 Å². The number of amides is 1. The van der Waals surface area contributed by atoms with Crippen LogP contribution >= 0.6 is 11.6 Å². The van der Waals surface area contributed by atoms with Crippen molar-refractivity contribution in [2.45, 2.75) is 13.5 Å². The summed E-state index contributed by atoms with van der Waals surface area (Å²) < 4.78 is 5.19. The number of hydrogen-bond donors (Lipinski definition) is 1. The number of hydrogen-bond acceptors (Lipinski definition) is 4. The molecule has 5 nitrogen and oxygen atoms in total. The molecule has 1 heterocycles. The second kappa shape index (κ2) is 6.62. The van der Waals surface area contributed by atoms with E-state index in [0.717, 1.165) is 11.1 Å². The van der Waals surface area contributed by atoms with Crippen molar-refractivity contribution in [3.05, 3.63) is 70.5 Å². The maximum absolute atomic E-state index is 12.0. The molecule has 116 valence electrons. The maximum Gasteiger partial charge on any atom is 0.258 e. The lowest BCUT2D eigenvalue weighted by Gasteiger charge is -2.02. The monoisotopic (exact) mass is 327 g/mol. The molecule has 1 aromatic heterocycles. The van der Waals surface area contributed by atoms with Crippen LogP contribution in [-0.2, 0) is 6.54 Å². The third kappa shape index (κ3) is 3.76. The highest BCUT2D eigenvalue weighted by Gasteiger charge is 2.11. The van der Waals surface area contributed by atoms with Crippen molar-refractivity contribution in [1.82, 2.24) is 15.5 Å². The Labute approximate surface area is 138 Å². The molecule has 3 aromatic rings. The van der Waals surface area contributed by atoms with Crippen molar-refractivity contribution in [1.29, 1.82) is 0 Å². The van der Waals surface area contributed by atoms with Gasteiger partial charge in [-0.2, -0.15) is 4.98 Å². The molecule has 0 aliphatic carbocycles. The Kier molecular flexibility index (Phi) is 4.39. The fourth-order valence-electron chi connectivity index (χ4n) is 2.03. The van der Waals surface area contributed by atoms with E-state index >= 15 is 0 Å². The van der Waals surface area contributed by atoms with E-state index in [-0.39, 0.29) is 12.5 Å². The number of nitrogens with zero attached hydrogens (tertiary/aromatic N) is 2. The first-order valence-corrected chi connectivity index (χ1v) is 7.43. The molecular formula is C17H14ClN3O2. The fraction of sp³-hybridized carbons (Fsp3) is 0.118. The predicted molar refractivity (Wildman–Crippen MR) is 87.1 cm³/mol. The van der Waals surface area contributed by atoms with Crippen LogP contribution in [0.5, 0.6) is 0 Å². The molecule has 0 bridgehead atoms. The molecule has 6 heteroatoms. The Hall–Kier alpha value is -2.66. The Balaban J connectivity index is 1.65. The maximum atomic E-state index is 12.0. The summed E-state index contributed by atoms with van der Waals surface area (Å²) in [5, 5.41) is 7.21. The van der Waals surface area contributed by atoms with Crippen LogP contribution in [0.1, 0.15) is 21.7 Å². The third-order valence-electron chi connectivity index (χ3n) is 3.26. The van der Waals surface area contributed by atoms with Gasteiger partial charge < -0.3 is 9.84 Å². The van der Waals surface area contributed by atoms with Gasteiger partial charge in [-0.1, -0.05) is 40.5 Å².